The second kappa shape index (κ2) is 5.95. The van der Waals surface area contributed by atoms with Crippen LogP contribution in [0.4, 0.5) is 4.39 Å². The second-order valence-electron chi connectivity index (χ2n) is 5.10. The summed E-state index contributed by atoms with van der Waals surface area (Å²) in [5, 5.41) is 2.98. The molecule has 1 aliphatic rings. The lowest BCUT2D eigenvalue weighted by Crippen LogP contribution is -2.31. The highest BCUT2D eigenvalue weighted by Crippen LogP contribution is 2.30. The Morgan fingerprint density at radius 1 is 1.19 bits per heavy atom. The molecule has 1 unspecified atom stereocenters. The summed E-state index contributed by atoms with van der Waals surface area (Å²) in [6, 6.07) is 13.8. The van der Waals surface area contributed by atoms with Crippen LogP contribution in [0.2, 0.25) is 0 Å². The van der Waals surface area contributed by atoms with Crippen LogP contribution in [0.3, 0.4) is 0 Å². The van der Waals surface area contributed by atoms with E-state index in [1.807, 2.05) is 18.2 Å². The number of aryl methyl sites for hydroxylation is 1. The Morgan fingerprint density at radius 3 is 2.76 bits per heavy atom. The summed E-state index contributed by atoms with van der Waals surface area (Å²) in [4.78, 5) is 11.9. The molecule has 3 rings (SSSR count). The predicted molar refractivity (Wildman–Crippen MR) is 77.5 cm³/mol. The van der Waals surface area contributed by atoms with E-state index in [1.165, 1.54) is 35.4 Å². The molecule has 0 heterocycles. The van der Waals surface area contributed by atoms with Gasteiger partial charge in [-0.15, -0.1) is 0 Å². The first-order valence-corrected chi connectivity index (χ1v) is 6.98. The van der Waals surface area contributed by atoms with Crippen molar-refractivity contribution in [2.45, 2.75) is 18.9 Å². The molecule has 2 aromatic carbocycles. The summed E-state index contributed by atoms with van der Waals surface area (Å²) in [5.41, 5.74) is 2.48. The molecule has 0 spiro atoms. The topological polar surface area (TPSA) is 38.3 Å². The molecule has 0 saturated carbocycles. The third kappa shape index (κ3) is 3.21. The molecule has 2 aromatic rings. The van der Waals surface area contributed by atoms with E-state index in [9.17, 15) is 9.18 Å². The van der Waals surface area contributed by atoms with E-state index in [2.05, 4.69) is 11.4 Å². The van der Waals surface area contributed by atoms with Gasteiger partial charge >= 0.3 is 0 Å². The van der Waals surface area contributed by atoms with Gasteiger partial charge in [0, 0.05) is 0 Å². The quantitative estimate of drug-likeness (QED) is 0.937. The summed E-state index contributed by atoms with van der Waals surface area (Å²) >= 11 is 0. The number of carbonyl (C=O) groups is 1. The van der Waals surface area contributed by atoms with Crippen molar-refractivity contribution in [3.8, 4) is 5.75 Å². The fourth-order valence-electron chi connectivity index (χ4n) is 2.62. The first-order chi connectivity index (χ1) is 10.2. The van der Waals surface area contributed by atoms with Crippen LogP contribution < -0.4 is 10.1 Å². The van der Waals surface area contributed by atoms with Gasteiger partial charge in [-0.1, -0.05) is 24.3 Å². The molecule has 0 saturated heterocycles. The SMILES string of the molecule is O=C(COc1ccc(F)cc1)NC1CCc2ccccc21. The smallest absolute Gasteiger partial charge is 0.258 e. The minimum atomic E-state index is -0.325. The van der Waals surface area contributed by atoms with Crippen molar-refractivity contribution in [1.82, 2.24) is 5.32 Å². The van der Waals surface area contributed by atoms with Gasteiger partial charge in [0.15, 0.2) is 6.61 Å². The van der Waals surface area contributed by atoms with E-state index in [1.54, 1.807) is 0 Å². The molecule has 1 aliphatic carbocycles. The van der Waals surface area contributed by atoms with Gasteiger partial charge in [0.25, 0.3) is 5.91 Å². The van der Waals surface area contributed by atoms with E-state index in [-0.39, 0.29) is 24.4 Å². The minimum absolute atomic E-state index is 0.0607. The molecule has 4 heteroatoms. The summed E-state index contributed by atoms with van der Waals surface area (Å²) in [5.74, 6) is -0.00577. The molecule has 0 bridgehead atoms. The van der Waals surface area contributed by atoms with Crippen molar-refractivity contribution in [2.24, 2.45) is 0 Å². The molecule has 108 valence electrons. The molecule has 21 heavy (non-hydrogen) atoms. The molecule has 1 N–H and O–H groups in total. The van der Waals surface area contributed by atoms with Crippen LogP contribution in [0, 0.1) is 5.82 Å². The standard InChI is InChI=1S/C17H16FNO2/c18-13-6-8-14(9-7-13)21-11-17(20)19-16-10-5-12-3-1-2-4-15(12)16/h1-4,6-9,16H,5,10-11H2,(H,19,20). The van der Waals surface area contributed by atoms with Gasteiger partial charge in [-0.2, -0.15) is 0 Å². The predicted octanol–water partition coefficient (Wildman–Crippen LogP) is 3.01. The number of amides is 1. The van der Waals surface area contributed by atoms with Gasteiger partial charge in [0.05, 0.1) is 6.04 Å². The van der Waals surface area contributed by atoms with Crippen molar-refractivity contribution >= 4 is 5.91 Å². The molecule has 1 atom stereocenters. The van der Waals surface area contributed by atoms with E-state index in [0.29, 0.717) is 5.75 Å². The van der Waals surface area contributed by atoms with E-state index in [4.69, 9.17) is 4.74 Å². The van der Waals surface area contributed by atoms with Crippen LogP contribution in [-0.4, -0.2) is 12.5 Å². The highest BCUT2D eigenvalue weighted by Gasteiger charge is 2.23. The van der Waals surface area contributed by atoms with Crippen LogP contribution in [0.15, 0.2) is 48.5 Å². The molecule has 0 aliphatic heterocycles. The molecule has 3 nitrogen and oxygen atoms in total. The Morgan fingerprint density at radius 2 is 1.95 bits per heavy atom. The number of rotatable bonds is 4. The third-order valence-electron chi connectivity index (χ3n) is 3.65. The van der Waals surface area contributed by atoms with Crippen LogP contribution in [0.1, 0.15) is 23.6 Å². The number of ether oxygens (including phenoxy) is 1. The van der Waals surface area contributed by atoms with Crippen LogP contribution in [-0.2, 0) is 11.2 Å². The highest BCUT2D eigenvalue weighted by atomic mass is 19.1. The third-order valence-corrected chi connectivity index (χ3v) is 3.65. The largest absolute Gasteiger partial charge is 0.484 e. The van der Waals surface area contributed by atoms with Crippen LogP contribution in [0.25, 0.3) is 0 Å². The zero-order chi connectivity index (χ0) is 14.7. The normalized spacial score (nSPS) is 16.3. The van der Waals surface area contributed by atoms with E-state index < -0.39 is 0 Å². The maximum absolute atomic E-state index is 12.8. The van der Waals surface area contributed by atoms with Crippen molar-refractivity contribution in [2.75, 3.05) is 6.61 Å². The summed E-state index contributed by atoms with van der Waals surface area (Å²) < 4.78 is 18.1. The fourth-order valence-corrected chi connectivity index (χ4v) is 2.62. The average Bonchev–Trinajstić information content (AvgIpc) is 2.90. The van der Waals surface area contributed by atoms with Gasteiger partial charge in [-0.05, 0) is 48.2 Å². The number of hydrogen-bond donors (Lipinski definition) is 1. The Balaban J connectivity index is 1.54. The Kier molecular flexibility index (Phi) is 3.86. The monoisotopic (exact) mass is 285 g/mol. The summed E-state index contributed by atoms with van der Waals surface area (Å²) in [6.07, 6.45) is 1.90. The number of fused-ring (bicyclic) bond motifs is 1. The van der Waals surface area contributed by atoms with E-state index in [0.717, 1.165) is 12.8 Å². The van der Waals surface area contributed by atoms with Crippen molar-refractivity contribution in [3.05, 3.63) is 65.5 Å². The van der Waals surface area contributed by atoms with Crippen LogP contribution in [0.5, 0.6) is 5.75 Å². The minimum Gasteiger partial charge on any atom is -0.484 e. The van der Waals surface area contributed by atoms with Gasteiger partial charge in [0.1, 0.15) is 11.6 Å². The molecular formula is C17H16FNO2. The zero-order valence-corrected chi connectivity index (χ0v) is 11.5. The van der Waals surface area contributed by atoms with Crippen molar-refractivity contribution < 1.29 is 13.9 Å². The Bertz CT molecular complexity index is 639. The maximum Gasteiger partial charge on any atom is 0.258 e. The number of carbonyl (C=O) groups excluding carboxylic acids is 1. The molecule has 0 radical (unpaired) electrons. The van der Waals surface area contributed by atoms with Crippen LogP contribution >= 0.6 is 0 Å². The maximum atomic E-state index is 12.8. The molecule has 0 fully saturated rings. The summed E-state index contributed by atoms with van der Waals surface area (Å²) in [6.45, 7) is -0.0652. The number of hydrogen-bond acceptors (Lipinski definition) is 2. The molecule has 0 aromatic heterocycles. The number of benzene rings is 2. The lowest BCUT2D eigenvalue weighted by molar-refractivity contribution is -0.123. The second-order valence-corrected chi connectivity index (χ2v) is 5.10. The average molecular weight is 285 g/mol. The number of halogens is 1. The van der Waals surface area contributed by atoms with Crippen molar-refractivity contribution in [1.29, 1.82) is 0 Å². The Hall–Kier alpha value is -2.36. The zero-order valence-electron chi connectivity index (χ0n) is 11.5. The lowest BCUT2D eigenvalue weighted by Gasteiger charge is -2.14. The molecular weight excluding hydrogens is 269 g/mol. The lowest BCUT2D eigenvalue weighted by atomic mass is 10.1. The van der Waals surface area contributed by atoms with Gasteiger partial charge in [-0.3, -0.25) is 4.79 Å². The van der Waals surface area contributed by atoms with Gasteiger partial charge in [-0.25, -0.2) is 4.39 Å². The summed E-state index contributed by atoms with van der Waals surface area (Å²) in [7, 11) is 0. The van der Waals surface area contributed by atoms with Gasteiger partial charge in [0.2, 0.25) is 0 Å². The van der Waals surface area contributed by atoms with Crippen molar-refractivity contribution in [3.63, 3.8) is 0 Å². The van der Waals surface area contributed by atoms with Gasteiger partial charge < -0.3 is 10.1 Å². The first kappa shape index (κ1) is 13.6. The number of nitrogens with one attached hydrogen (secondary N) is 1. The highest BCUT2D eigenvalue weighted by molar-refractivity contribution is 5.78. The Labute approximate surface area is 122 Å². The first-order valence-electron chi connectivity index (χ1n) is 6.98. The van der Waals surface area contributed by atoms with E-state index >= 15 is 0 Å². The molecule has 1 amide bonds. The fraction of sp³-hybridized carbons (Fsp3) is 0.235.